The molecule has 0 N–H and O–H groups in total. The van der Waals surface area contributed by atoms with Gasteiger partial charge in [-0.05, 0) is 77.8 Å². The predicted molar refractivity (Wildman–Crippen MR) is 177 cm³/mol. The zero-order chi connectivity index (χ0) is 30.0. The largest absolute Gasteiger partial charge is 0.465 e. The van der Waals surface area contributed by atoms with Crippen molar-refractivity contribution in [3.05, 3.63) is 102 Å². The molecule has 0 aliphatic heterocycles. The summed E-state index contributed by atoms with van der Waals surface area (Å²) in [6.07, 6.45) is 12.1. The zero-order valence-electron chi connectivity index (χ0n) is 25.8. The van der Waals surface area contributed by atoms with Gasteiger partial charge in [0.25, 0.3) is 0 Å². The van der Waals surface area contributed by atoms with E-state index >= 15 is 0 Å². The van der Waals surface area contributed by atoms with Gasteiger partial charge < -0.3 is 9.15 Å². The maximum absolute atomic E-state index is 12.2. The van der Waals surface area contributed by atoms with Crippen LogP contribution in [0, 0.1) is 0 Å². The van der Waals surface area contributed by atoms with Gasteiger partial charge in [-0.3, -0.25) is 0 Å². The van der Waals surface area contributed by atoms with Crippen molar-refractivity contribution in [2.75, 3.05) is 7.11 Å². The first-order chi connectivity index (χ1) is 21.1. The predicted octanol–water partition coefficient (Wildman–Crippen LogP) is 10.9. The molecule has 0 unspecified atom stereocenters. The fourth-order valence-electron chi connectivity index (χ4n) is 5.89. The highest BCUT2D eigenvalue weighted by atomic mass is 16.5. The van der Waals surface area contributed by atoms with Crippen molar-refractivity contribution in [3.63, 3.8) is 0 Å². The van der Waals surface area contributed by atoms with E-state index in [-0.39, 0.29) is 5.97 Å². The molecular formula is C39H43NO3. The number of methoxy groups -OCH3 is 1. The van der Waals surface area contributed by atoms with Gasteiger partial charge in [-0.25, -0.2) is 9.78 Å². The minimum Gasteiger partial charge on any atom is -0.465 e. The van der Waals surface area contributed by atoms with E-state index in [4.69, 9.17) is 14.1 Å². The smallest absolute Gasteiger partial charge is 0.337 e. The van der Waals surface area contributed by atoms with Crippen LogP contribution in [0.4, 0.5) is 0 Å². The number of benzene rings is 4. The highest BCUT2D eigenvalue weighted by Gasteiger charge is 2.20. The van der Waals surface area contributed by atoms with E-state index < -0.39 is 0 Å². The molecule has 5 aromatic rings. The Bertz CT molecular complexity index is 1620. The highest BCUT2D eigenvalue weighted by molar-refractivity contribution is 5.96. The molecule has 0 bridgehead atoms. The molecule has 1 heterocycles. The number of carbonyl (C=O) groups excluding carboxylic acids is 1. The maximum Gasteiger partial charge on any atom is 0.337 e. The number of nitrogens with zero attached hydrogens (tertiary/aromatic N) is 1. The Morgan fingerprint density at radius 3 is 2.02 bits per heavy atom. The summed E-state index contributed by atoms with van der Waals surface area (Å²) in [4.78, 5) is 17.1. The number of oxazole rings is 1. The Labute approximate surface area is 256 Å². The Morgan fingerprint density at radius 2 is 1.37 bits per heavy atom. The molecule has 0 saturated heterocycles. The number of unbranched alkanes of at least 4 members (excludes halogenated alkanes) is 6. The van der Waals surface area contributed by atoms with Crippen LogP contribution in [0.15, 0.2) is 89.3 Å². The maximum atomic E-state index is 12.2. The molecule has 43 heavy (non-hydrogen) atoms. The minimum atomic E-state index is -0.388. The van der Waals surface area contributed by atoms with Crippen LogP contribution in [-0.2, 0) is 17.6 Å². The summed E-state index contributed by atoms with van der Waals surface area (Å²) in [5.74, 6) is 0.156. The van der Waals surface area contributed by atoms with E-state index in [9.17, 15) is 4.79 Å². The SMILES string of the molecule is CCCCCCc1cc(CCCCCC)cc(-c2c(-c3ccccc3)cccc2-c2nc3cc(C(=O)OC)ccc3o2)c1. The molecule has 5 rings (SSSR count). The monoisotopic (exact) mass is 573 g/mol. The average molecular weight is 574 g/mol. The number of ether oxygens (including phenoxy) is 1. The van der Waals surface area contributed by atoms with Gasteiger partial charge in [-0.2, -0.15) is 0 Å². The lowest BCUT2D eigenvalue weighted by Gasteiger charge is -2.17. The van der Waals surface area contributed by atoms with Crippen molar-refractivity contribution < 1.29 is 13.9 Å². The molecule has 0 saturated carbocycles. The van der Waals surface area contributed by atoms with Crippen LogP contribution >= 0.6 is 0 Å². The molecule has 0 aliphatic rings. The van der Waals surface area contributed by atoms with Gasteiger partial charge in [-0.15, -0.1) is 0 Å². The fraction of sp³-hybridized carbons (Fsp3) is 0.333. The number of aryl methyl sites for hydroxylation is 2. The van der Waals surface area contributed by atoms with Crippen molar-refractivity contribution in [1.82, 2.24) is 4.98 Å². The molecule has 4 nitrogen and oxygen atoms in total. The molecule has 0 aliphatic carbocycles. The first-order valence-electron chi connectivity index (χ1n) is 15.9. The summed E-state index contributed by atoms with van der Waals surface area (Å²) in [6, 6.07) is 29.4. The topological polar surface area (TPSA) is 52.3 Å². The molecule has 4 aromatic carbocycles. The van der Waals surface area contributed by atoms with Gasteiger partial charge in [0.15, 0.2) is 5.58 Å². The summed E-state index contributed by atoms with van der Waals surface area (Å²) in [7, 11) is 1.39. The standard InChI is InChI=1S/C39H43NO3/c1-4-6-8-11-16-28-24-29(17-12-9-7-5-2)26-32(25-28)37-33(30-18-13-10-14-19-30)20-15-21-34(37)38-40-35-27-31(39(41)42-3)22-23-36(35)43-38/h10,13-15,18-27H,4-9,11-12,16-17H2,1-3H3. The third-order valence-electron chi connectivity index (χ3n) is 8.17. The fourth-order valence-corrected chi connectivity index (χ4v) is 5.89. The molecule has 0 radical (unpaired) electrons. The Balaban J connectivity index is 1.65. The quantitative estimate of drug-likeness (QED) is 0.0979. The first kappa shape index (κ1) is 30.3. The lowest BCUT2D eigenvalue weighted by atomic mass is 9.87. The van der Waals surface area contributed by atoms with Crippen molar-refractivity contribution >= 4 is 17.1 Å². The molecule has 0 spiro atoms. The Morgan fingerprint density at radius 1 is 0.698 bits per heavy atom. The number of fused-ring (bicyclic) bond motifs is 1. The van der Waals surface area contributed by atoms with Crippen LogP contribution in [0.5, 0.6) is 0 Å². The van der Waals surface area contributed by atoms with Crippen LogP contribution in [0.1, 0.15) is 86.7 Å². The van der Waals surface area contributed by atoms with E-state index in [1.165, 1.54) is 75.2 Å². The van der Waals surface area contributed by atoms with Gasteiger partial charge in [0, 0.05) is 11.1 Å². The van der Waals surface area contributed by atoms with Gasteiger partial charge in [-0.1, -0.05) is 113 Å². The minimum absolute atomic E-state index is 0.388. The van der Waals surface area contributed by atoms with Crippen LogP contribution in [0.3, 0.4) is 0 Å². The molecule has 1 aromatic heterocycles. The zero-order valence-corrected chi connectivity index (χ0v) is 25.8. The molecular weight excluding hydrogens is 530 g/mol. The average Bonchev–Trinajstić information content (AvgIpc) is 3.48. The number of esters is 1. The third-order valence-corrected chi connectivity index (χ3v) is 8.17. The van der Waals surface area contributed by atoms with E-state index in [1.807, 2.05) is 0 Å². The van der Waals surface area contributed by atoms with Crippen molar-refractivity contribution in [1.29, 1.82) is 0 Å². The van der Waals surface area contributed by atoms with Crippen molar-refractivity contribution in [2.24, 2.45) is 0 Å². The van der Waals surface area contributed by atoms with Crippen molar-refractivity contribution in [3.8, 4) is 33.7 Å². The van der Waals surface area contributed by atoms with E-state index in [1.54, 1.807) is 18.2 Å². The molecule has 0 fully saturated rings. The summed E-state index contributed by atoms with van der Waals surface area (Å²) in [5, 5.41) is 0. The number of aromatic nitrogens is 1. The Hall–Kier alpha value is -4.18. The van der Waals surface area contributed by atoms with Gasteiger partial charge in [0.1, 0.15) is 5.52 Å². The molecule has 0 atom stereocenters. The number of hydrogen-bond acceptors (Lipinski definition) is 4. The molecule has 222 valence electrons. The number of hydrogen-bond donors (Lipinski definition) is 0. The van der Waals surface area contributed by atoms with E-state index in [0.29, 0.717) is 22.6 Å². The molecule has 4 heteroatoms. The van der Waals surface area contributed by atoms with Gasteiger partial charge in [0.05, 0.1) is 12.7 Å². The first-order valence-corrected chi connectivity index (χ1v) is 15.9. The van der Waals surface area contributed by atoms with E-state index in [2.05, 4.69) is 80.6 Å². The van der Waals surface area contributed by atoms with Gasteiger partial charge >= 0.3 is 5.97 Å². The van der Waals surface area contributed by atoms with Gasteiger partial charge in [0.2, 0.25) is 5.89 Å². The second-order valence-corrected chi connectivity index (χ2v) is 11.4. The summed E-state index contributed by atoms with van der Waals surface area (Å²) < 4.78 is 11.3. The lowest BCUT2D eigenvalue weighted by Crippen LogP contribution is -2.00. The van der Waals surface area contributed by atoms with Crippen molar-refractivity contribution in [2.45, 2.75) is 78.1 Å². The third kappa shape index (κ3) is 7.43. The van der Waals surface area contributed by atoms with Crippen LogP contribution < -0.4 is 0 Å². The van der Waals surface area contributed by atoms with Crippen LogP contribution in [0.25, 0.3) is 44.8 Å². The van der Waals surface area contributed by atoms with Crippen LogP contribution in [-0.4, -0.2) is 18.1 Å². The lowest BCUT2D eigenvalue weighted by molar-refractivity contribution is 0.0601. The van der Waals surface area contributed by atoms with Crippen LogP contribution in [0.2, 0.25) is 0 Å². The second-order valence-electron chi connectivity index (χ2n) is 11.4. The number of carbonyl (C=O) groups is 1. The Kier molecular flexibility index (Phi) is 10.4. The van der Waals surface area contributed by atoms with E-state index in [0.717, 1.165) is 35.1 Å². The summed E-state index contributed by atoms with van der Waals surface area (Å²) >= 11 is 0. The summed E-state index contributed by atoms with van der Waals surface area (Å²) in [5.41, 5.74) is 10.1. The number of rotatable bonds is 14. The normalized spacial score (nSPS) is 11.2. The highest BCUT2D eigenvalue weighted by Crippen LogP contribution is 2.41. The molecule has 0 amide bonds. The summed E-state index contributed by atoms with van der Waals surface area (Å²) in [6.45, 7) is 4.53. The second kappa shape index (κ2) is 14.8.